The minimum absolute atomic E-state index is 0.111. The number of nitrogen functional groups attached to an aromatic ring is 1. The van der Waals surface area contributed by atoms with E-state index >= 15 is 0 Å². The molecule has 104 valence electrons. The zero-order valence-corrected chi connectivity index (χ0v) is 11.3. The molecule has 0 saturated heterocycles. The zero-order chi connectivity index (χ0) is 14.0. The molecule has 0 unspecified atom stereocenters. The fourth-order valence-electron chi connectivity index (χ4n) is 2.21. The number of rotatable bonds is 5. The van der Waals surface area contributed by atoms with Crippen molar-refractivity contribution in [3.8, 4) is 0 Å². The monoisotopic (exact) mass is 266 g/mol. The summed E-state index contributed by atoms with van der Waals surface area (Å²) in [6.45, 7) is 2.82. The molecule has 0 atom stereocenters. The van der Waals surface area contributed by atoms with Crippen molar-refractivity contribution in [3.63, 3.8) is 0 Å². The third-order valence-electron chi connectivity index (χ3n) is 3.29. The predicted octanol–water partition coefficient (Wildman–Crippen LogP) is 2.57. The van der Waals surface area contributed by atoms with E-state index in [4.69, 9.17) is 5.73 Å². The molecule has 19 heavy (non-hydrogen) atoms. The molecule has 1 fully saturated rings. The smallest absolute Gasteiger partial charge is 0.340 e. The Kier molecular flexibility index (Phi) is 3.93. The largest absolute Gasteiger partial charge is 0.465 e. The van der Waals surface area contributed by atoms with Gasteiger partial charge in [-0.2, -0.15) is 0 Å². The Morgan fingerprint density at radius 3 is 2.74 bits per heavy atom. The third-order valence-corrected chi connectivity index (χ3v) is 3.29. The second-order valence-corrected chi connectivity index (χ2v) is 4.81. The number of esters is 1. The van der Waals surface area contributed by atoms with Crippen LogP contribution in [0.25, 0.3) is 0 Å². The van der Waals surface area contributed by atoms with Gasteiger partial charge in [0.2, 0.25) is 0 Å². The Bertz CT molecular complexity index is 487. The number of methoxy groups -OCH3 is 1. The van der Waals surface area contributed by atoms with Crippen LogP contribution in [0.5, 0.6) is 0 Å². The lowest BCUT2D eigenvalue weighted by Crippen LogP contribution is -2.28. The number of benzene rings is 1. The Labute approximate surface area is 112 Å². The van der Waals surface area contributed by atoms with Crippen LogP contribution in [0.15, 0.2) is 12.1 Å². The van der Waals surface area contributed by atoms with E-state index < -0.39 is 5.97 Å². The molecule has 1 aromatic carbocycles. The molecule has 0 spiro atoms. The summed E-state index contributed by atoms with van der Waals surface area (Å²) in [5.74, 6) is -0.920. The molecule has 1 aliphatic carbocycles. The van der Waals surface area contributed by atoms with E-state index in [1.54, 1.807) is 0 Å². The number of nitrogens with two attached hydrogens (primary N) is 1. The van der Waals surface area contributed by atoms with E-state index in [0.29, 0.717) is 11.7 Å². The fourth-order valence-corrected chi connectivity index (χ4v) is 2.21. The number of carbonyl (C=O) groups is 1. The highest BCUT2D eigenvalue weighted by atomic mass is 19.1. The molecule has 0 heterocycles. The van der Waals surface area contributed by atoms with Gasteiger partial charge in [-0.25, -0.2) is 9.18 Å². The number of hydrogen-bond donors (Lipinski definition) is 1. The van der Waals surface area contributed by atoms with E-state index in [1.165, 1.54) is 19.2 Å². The van der Waals surface area contributed by atoms with Gasteiger partial charge in [-0.1, -0.05) is 6.92 Å². The minimum atomic E-state index is -0.536. The lowest BCUT2D eigenvalue weighted by atomic mass is 10.1. The SMILES string of the molecule is CCCN(c1cc(C(=O)OC)c(N)cc1F)C1CC1. The molecular weight excluding hydrogens is 247 g/mol. The van der Waals surface area contributed by atoms with Gasteiger partial charge in [0.05, 0.1) is 18.4 Å². The average molecular weight is 266 g/mol. The fraction of sp³-hybridized carbons (Fsp3) is 0.500. The topological polar surface area (TPSA) is 55.6 Å². The lowest BCUT2D eigenvalue weighted by Gasteiger charge is -2.25. The van der Waals surface area contributed by atoms with E-state index in [9.17, 15) is 9.18 Å². The zero-order valence-electron chi connectivity index (χ0n) is 11.3. The first-order chi connectivity index (χ1) is 9.08. The van der Waals surface area contributed by atoms with Crippen molar-refractivity contribution in [1.82, 2.24) is 0 Å². The highest BCUT2D eigenvalue weighted by molar-refractivity contribution is 5.96. The van der Waals surface area contributed by atoms with Crippen molar-refractivity contribution in [2.45, 2.75) is 32.2 Å². The third kappa shape index (κ3) is 2.80. The normalized spacial score (nSPS) is 14.3. The minimum Gasteiger partial charge on any atom is -0.465 e. The van der Waals surface area contributed by atoms with Crippen LogP contribution in [0, 0.1) is 5.82 Å². The molecule has 1 saturated carbocycles. The van der Waals surface area contributed by atoms with Crippen LogP contribution >= 0.6 is 0 Å². The quantitative estimate of drug-likeness (QED) is 0.657. The Hall–Kier alpha value is -1.78. The van der Waals surface area contributed by atoms with Crippen molar-refractivity contribution >= 4 is 17.3 Å². The molecule has 0 radical (unpaired) electrons. The lowest BCUT2D eigenvalue weighted by molar-refractivity contribution is 0.0602. The summed E-state index contributed by atoms with van der Waals surface area (Å²) in [5.41, 5.74) is 6.45. The Balaban J connectivity index is 2.40. The number of halogens is 1. The molecule has 5 heteroatoms. The first-order valence-corrected chi connectivity index (χ1v) is 6.52. The molecule has 0 aromatic heterocycles. The number of carbonyl (C=O) groups excluding carboxylic acids is 1. The van der Waals surface area contributed by atoms with Gasteiger partial charge in [0.1, 0.15) is 5.82 Å². The molecule has 1 aromatic rings. The summed E-state index contributed by atoms with van der Waals surface area (Å²) < 4.78 is 18.8. The van der Waals surface area contributed by atoms with Gasteiger partial charge in [-0.15, -0.1) is 0 Å². The van der Waals surface area contributed by atoms with Crippen molar-refractivity contribution in [2.75, 3.05) is 24.3 Å². The van der Waals surface area contributed by atoms with Gasteiger partial charge < -0.3 is 15.4 Å². The van der Waals surface area contributed by atoms with Crippen LogP contribution in [0.4, 0.5) is 15.8 Å². The van der Waals surface area contributed by atoms with Crippen LogP contribution in [0.2, 0.25) is 0 Å². The van der Waals surface area contributed by atoms with Crippen LogP contribution in [-0.2, 0) is 4.74 Å². The summed E-state index contributed by atoms with van der Waals surface area (Å²) in [6.07, 6.45) is 3.06. The summed E-state index contributed by atoms with van der Waals surface area (Å²) in [6, 6.07) is 3.08. The maximum Gasteiger partial charge on any atom is 0.340 e. The van der Waals surface area contributed by atoms with Crippen LogP contribution < -0.4 is 10.6 Å². The van der Waals surface area contributed by atoms with Crippen molar-refractivity contribution in [2.24, 2.45) is 0 Å². The molecule has 0 aliphatic heterocycles. The number of hydrogen-bond acceptors (Lipinski definition) is 4. The molecule has 1 aliphatic rings. The molecule has 2 rings (SSSR count). The summed E-state index contributed by atoms with van der Waals surface area (Å²) in [7, 11) is 1.29. The van der Waals surface area contributed by atoms with Gasteiger partial charge in [0.25, 0.3) is 0 Å². The first kappa shape index (κ1) is 13.6. The van der Waals surface area contributed by atoms with E-state index in [0.717, 1.165) is 25.8 Å². The summed E-state index contributed by atoms with van der Waals surface area (Å²) in [4.78, 5) is 13.6. The molecule has 0 amide bonds. The summed E-state index contributed by atoms with van der Waals surface area (Å²) >= 11 is 0. The predicted molar refractivity (Wildman–Crippen MR) is 72.8 cm³/mol. The molecule has 2 N–H and O–H groups in total. The molecule has 0 bridgehead atoms. The second-order valence-electron chi connectivity index (χ2n) is 4.81. The van der Waals surface area contributed by atoms with E-state index in [2.05, 4.69) is 4.74 Å². The first-order valence-electron chi connectivity index (χ1n) is 6.52. The molecule has 4 nitrogen and oxygen atoms in total. The van der Waals surface area contributed by atoms with Gasteiger partial charge >= 0.3 is 5.97 Å². The number of nitrogens with zero attached hydrogens (tertiary/aromatic N) is 1. The van der Waals surface area contributed by atoms with E-state index in [1.807, 2.05) is 11.8 Å². The second kappa shape index (κ2) is 5.47. The van der Waals surface area contributed by atoms with Gasteiger partial charge in [-0.3, -0.25) is 0 Å². The van der Waals surface area contributed by atoms with Crippen molar-refractivity contribution < 1.29 is 13.9 Å². The van der Waals surface area contributed by atoms with Crippen LogP contribution in [0.3, 0.4) is 0 Å². The van der Waals surface area contributed by atoms with Gasteiger partial charge in [0, 0.05) is 18.3 Å². The Morgan fingerprint density at radius 2 is 2.21 bits per heavy atom. The van der Waals surface area contributed by atoms with Crippen molar-refractivity contribution in [1.29, 1.82) is 0 Å². The number of anilines is 2. The molecular formula is C14H19FN2O2. The van der Waals surface area contributed by atoms with Crippen molar-refractivity contribution in [3.05, 3.63) is 23.5 Å². The van der Waals surface area contributed by atoms with Crippen LogP contribution in [0.1, 0.15) is 36.5 Å². The Morgan fingerprint density at radius 1 is 1.53 bits per heavy atom. The maximum atomic E-state index is 14.1. The van der Waals surface area contributed by atoms with Gasteiger partial charge in [-0.05, 0) is 31.4 Å². The highest BCUT2D eigenvalue weighted by Gasteiger charge is 2.31. The van der Waals surface area contributed by atoms with E-state index in [-0.39, 0.29) is 17.1 Å². The maximum absolute atomic E-state index is 14.1. The average Bonchev–Trinajstić information content (AvgIpc) is 3.20. The summed E-state index contributed by atoms with van der Waals surface area (Å²) in [5, 5.41) is 0. The number of ether oxygens (including phenoxy) is 1. The van der Waals surface area contributed by atoms with Crippen LogP contribution in [-0.4, -0.2) is 25.7 Å². The standard InChI is InChI=1S/C14H19FN2O2/c1-3-6-17(9-4-5-9)13-7-10(14(18)19-2)12(16)8-11(13)15/h7-9H,3-6,16H2,1-2H3. The highest BCUT2D eigenvalue weighted by Crippen LogP contribution is 2.35. The van der Waals surface area contributed by atoms with Gasteiger partial charge in [0.15, 0.2) is 0 Å².